The summed E-state index contributed by atoms with van der Waals surface area (Å²) < 4.78 is 0. The van der Waals surface area contributed by atoms with Crippen molar-refractivity contribution in [2.24, 2.45) is 11.7 Å². The third kappa shape index (κ3) is 2.73. The summed E-state index contributed by atoms with van der Waals surface area (Å²) in [4.78, 5) is 2.66. The monoisotopic (exact) mass is 210 g/mol. The van der Waals surface area contributed by atoms with Gasteiger partial charge in [-0.05, 0) is 51.1 Å². The Hall–Kier alpha value is -0.0800. The van der Waals surface area contributed by atoms with Crippen molar-refractivity contribution in [3.05, 3.63) is 0 Å². The normalized spacial score (nSPS) is 38.4. The molecule has 2 nitrogen and oxygen atoms in total. The Morgan fingerprint density at radius 1 is 1.20 bits per heavy atom. The van der Waals surface area contributed by atoms with Gasteiger partial charge in [0, 0.05) is 12.1 Å². The molecule has 0 amide bonds. The molecule has 1 aliphatic heterocycles. The molecular weight excluding hydrogens is 184 g/mol. The van der Waals surface area contributed by atoms with Crippen LogP contribution >= 0.6 is 0 Å². The zero-order valence-corrected chi connectivity index (χ0v) is 10.1. The van der Waals surface area contributed by atoms with Crippen LogP contribution in [0.15, 0.2) is 0 Å². The Kier molecular flexibility index (Phi) is 4.04. The van der Waals surface area contributed by atoms with Crippen molar-refractivity contribution >= 4 is 0 Å². The second-order valence-corrected chi connectivity index (χ2v) is 5.44. The first kappa shape index (κ1) is 11.4. The van der Waals surface area contributed by atoms with Gasteiger partial charge in [0.1, 0.15) is 0 Å². The van der Waals surface area contributed by atoms with Crippen LogP contribution in [0.5, 0.6) is 0 Å². The van der Waals surface area contributed by atoms with Crippen molar-refractivity contribution < 1.29 is 0 Å². The van der Waals surface area contributed by atoms with Crippen molar-refractivity contribution in [1.82, 2.24) is 4.90 Å². The van der Waals surface area contributed by atoms with Gasteiger partial charge in [-0.15, -0.1) is 0 Å². The predicted molar refractivity (Wildman–Crippen MR) is 64.8 cm³/mol. The van der Waals surface area contributed by atoms with Crippen molar-refractivity contribution in [3.63, 3.8) is 0 Å². The van der Waals surface area contributed by atoms with Crippen molar-refractivity contribution in [2.45, 2.75) is 64.0 Å². The highest BCUT2D eigenvalue weighted by atomic mass is 15.2. The second-order valence-electron chi connectivity index (χ2n) is 5.44. The largest absolute Gasteiger partial charge is 0.326 e. The van der Waals surface area contributed by atoms with Gasteiger partial charge in [-0.2, -0.15) is 0 Å². The standard InChI is InChI=1S/C13H26N2/c1-2-5-11-6-7-12(14)13(10-11)15-8-3-4-9-15/h11-13H,2-10,14H2,1H3. The molecule has 3 unspecified atom stereocenters. The van der Waals surface area contributed by atoms with Gasteiger partial charge in [-0.25, -0.2) is 0 Å². The van der Waals surface area contributed by atoms with E-state index in [2.05, 4.69) is 11.8 Å². The van der Waals surface area contributed by atoms with E-state index >= 15 is 0 Å². The number of hydrogen-bond acceptors (Lipinski definition) is 2. The van der Waals surface area contributed by atoms with Crippen molar-refractivity contribution in [1.29, 1.82) is 0 Å². The van der Waals surface area contributed by atoms with Crippen molar-refractivity contribution in [2.75, 3.05) is 13.1 Å². The Morgan fingerprint density at radius 3 is 2.60 bits per heavy atom. The van der Waals surface area contributed by atoms with Crippen LogP contribution in [0.1, 0.15) is 51.9 Å². The van der Waals surface area contributed by atoms with Gasteiger partial charge in [-0.1, -0.05) is 19.8 Å². The van der Waals surface area contributed by atoms with Crippen molar-refractivity contribution in [3.8, 4) is 0 Å². The fourth-order valence-corrected chi connectivity index (χ4v) is 3.42. The molecule has 2 N–H and O–H groups in total. The number of nitrogens with two attached hydrogens (primary N) is 1. The summed E-state index contributed by atoms with van der Waals surface area (Å²) in [7, 11) is 0. The van der Waals surface area contributed by atoms with Gasteiger partial charge in [0.15, 0.2) is 0 Å². The highest BCUT2D eigenvalue weighted by Crippen LogP contribution is 2.31. The number of nitrogens with zero attached hydrogens (tertiary/aromatic N) is 1. The van der Waals surface area contributed by atoms with Gasteiger partial charge in [-0.3, -0.25) is 4.90 Å². The topological polar surface area (TPSA) is 29.3 Å². The summed E-state index contributed by atoms with van der Waals surface area (Å²) in [6.07, 6.45) is 9.53. The fourth-order valence-electron chi connectivity index (χ4n) is 3.42. The third-order valence-electron chi connectivity index (χ3n) is 4.28. The van der Waals surface area contributed by atoms with Crippen LogP contribution < -0.4 is 5.73 Å². The molecule has 1 aliphatic carbocycles. The van der Waals surface area contributed by atoms with E-state index in [-0.39, 0.29) is 0 Å². The maximum Gasteiger partial charge on any atom is 0.0249 e. The Morgan fingerprint density at radius 2 is 1.93 bits per heavy atom. The molecule has 88 valence electrons. The number of likely N-dealkylation sites (tertiary alicyclic amines) is 1. The lowest BCUT2D eigenvalue weighted by molar-refractivity contribution is 0.132. The average molecular weight is 210 g/mol. The van der Waals surface area contributed by atoms with Crippen LogP contribution in [0.25, 0.3) is 0 Å². The summed E-state index contributed by atoms with van der Waals surface area (Å²) in [6, 6.07) is 1.16. The molecule has 0 aromatic heterocycles. The van der Waals surface area contributed by atoms with Gasteiger partial charge in [0.25, 0.3) is 0 Å². The fraction of sp³-hybridized carbons (Fsp3) is 1.00. The molecule has 15 heavy (non-hydrogen) atoms. The first-order valence-corrected chi connectivity index (χ1v) is 6.81. The van der Waals surface area contributed by atoms with E-state index in [1.807, 2.05) is 0 Å². The maximum atomic E-state index is 6.28. The first-order chi connectivity index (χ1) is 7.31. The summed E-state index contributed by atoms with van der Waals surface area (Å²) in [5, 5.41) is 0. The molecule has 0 spiro atoms. The molecule has 0 radical (unpaired) electrons. The molecule has 2 rings (SSSR count). The van der Waals surface area contributed by atoms with Crippen LogP contribution in [0.2, 0.25) is 0 Å². The van der Waals surface area contributed by atoms with E-state index in [9.17, 15) is 0 Å². The zero-order chi connectivity index (χ0) is 10.7. The Labute approximate surface area is 94.2 Å². The minimum Gasteiger partial charge on any atom is -0.326 e. The molecule has 2 heteroatoms. The zero-order valence-electron chi connectivity index (χ0n) is 10.1. The molecular formula is C13H26N2. The van der Waals surface area contributed by atoms with Gasteiger partial charge >= 0.3 is 0 Å². The lowest BCUT2D eigenvalue weighted by atomic mass is 9.80. The molecule has 1 saturated carbocycles. The highest BCUT2D eigenvalue weighted by Gasteiger charge is 2.32. The smallest absolute Gasteiger partial charge is 0.0249 e. The minimum atomic E-state index is 0.455. The van der Waals surface area contributed by atoms with E-state index in [0.29, 0.717) is 12.1 Å². The second kappa shape index (κ2) is 5.31. The first-order valence-electron chi connectivity index (χ1n) is 6.81. The molecule has 2 aliphatic rings. The van der Waals surface area contributed by atoms with E-state index in [4.69, 9.17) is 5.73 Å². The SMILES string of the molecule is CCCC1CCC(N)C(N2CCCC2)C1. The van der Waals surface area contributed by atoms with E-state index in [0.717, 1.165) is 5.92 Å². The molecule has 0 bridgehead atoms. The lowest BCUT2D eigenvalue weighted by Gasteiger charge is -2.39. The van der Waals surface area contributed by atoms with E-state index in [1.165, 1.54) is 58.0 Å². The molecule has 0 aromatic carbocycles. The summed E-state index contributed by atoms with van der Waals surface area (Å²) in [5.74, 6) is 0.959. The maximum absolute atomic E-state index is 6.28. The van der Waals surface area contributed by atoms with E-state index in [1.54, 1.807) is 0 Å². The summed E-state index contributed by atoms with van der Waals surface area (Å²) in [5.41, 5.74) is 6.28. The Bertz CT molecular complexity index is 187. The van der Waals surface area contributed by atoms with Gasteiger partial charge in [0.05, 0.1) is 0 Å². The number of hydrogen-bond donors (Lipinski definition) is 1. The molecule has 1 saturated heterocycles. The molecule has 3 atom stereocenters. The molecule has 2 fully saturated rings. The number of rotatable bonds is 3. The van der Waals surface area contributed by atoms with Crippen LogP contribution in [0.4, 0.5) is 0 Å². The average Bonchev–Trinajstić information content (AvgIpc) is 2.74. The minimum absolute atomic E-state index is 0.455. The molecule has 0 aromatic rings. The van der Waals surface area contributed by atoms with Gasteiger partial charge in [0.2, 0.25) is 0 Å². The third-order valence-corrected chi connectivity index (χ3v) is 4.28. The summed E-state index contributed by atoms with van der Waals surface area (Å²) in [6.45, 7) is 4.91. The molecule has 1 heterocycles. The van der Waals surface area contributed by atoms with Crippen LogP contribution in [-0.4, -0.2) is 30.1 Å². The highest BCUT2D eigenvalue weighted by molar-refractivity contribution is 4.90. The summed E-state index contributed by atoms with van der Waals surface area (Å²) >= 11 is 0. The lowest BCUT2D eigenvalue weighted by Crippen LogP contribution is -2.50. The van der Waals surface area contributed by atoms with Crippen LogP contribution in [0, 0.1) is 5.92 Å². The van der Waals surface area contributed by atoms with Gasteiger partial charge < -0.3 is 5.73 Å². The van der Waals surface area contributed by atoms with E-state index < -0.39 is 0 Å². The Balaban J connectivity index is 1.89. The van der Waals surface area contributed by atoms with Crippen LogP contribution in [-0.2, 0) is 0 Å². The predicted octanol–water partition coefficient (Wildman–Crippen LogP) is 2.38. The van der Waals surface area contributed by atoms with Crippen LogP contribution in [0.3, 0.4) is 0 Å². The quantitative estimate of drug-likeness (QED) is 0.775.